The maximum absolute atomic E-state index is 12.9. The third-order valence-corrected chi connectivity index (χ3v) is 6.14. The van der Waals surface area contributed by atoms with Gasteiger partial charge in [-0.3, -0.25) is 9.78 Å². The summed E-state index contributed by atoms with van der Waals surface area (Å²) in [6.07, 6.45) is 2.60. The van der Waals surface area contributed by atoms with Gasteiger partial charge in [0.1, 0.15) is 30.3 Å². The molecule has 1 atom stereocenters. The van der Waals surface area contributed by atoms with E-state index in [1.165, 1.54) is 6.33 Å². The van der Waals surface area contributed by atoms with Gasteiger partial charge in [-0.25, -0.2) is 9.97 Å². The van der Waals surface area contributed by atoms with Crippen LogP contribution in [0.4, 0.5) is 11.5 Å². The summed E-state index contributed by atoms with van der Waals surface area (Å²) in [6.45, 7) is 6.37. The van der Waals surface area contributed by atoms with Crippen molar-refractivity contribution in [1.82, 2.24) is 19.9 Å². The van der Waals surface area contributed by atoms with Gasteiger partial charge in [-0.15, -0.1) is 0 Å². The highest BCUT2D eigenvalue weighted by atomic mass is 16.5. The van der Waals surface area contributed by atoms with Crippen LogP contribution in [0.25, 0.3) is 10.9 Å². The van der Waals surface area contributed by atoms with Gasteiger partial charge in [0, 0.05) is 25.0 Å². The van der Waals surface area contributed by atoms with E-state index in [1.807, 2.05) is 61.5 Å². The number of aryl methyl sites for hydroxylation is 1. The Morgan fingerprint density at radius 2 is 1.92 bits per heavy atom. The Balaban J connectivity index is 1.34. The molecule has 4 aromatic rings. The molecule has 2 aromatic carbocycles. The van der Waals surface area contributed by atoms with E-state index < -0.39 is 6.10 Å². The molecule has 9 nitrogen and oxygen atoms in total. The van der Waals surface area contributed by atoms with E-state index in [-0.39, 0.29) is 5.91 Å². The molecule has 1 fully saturated rings. The molecule has 1 saturated heterocycles. The highest BCUT2D eigenvalue weighted by molar-refractivity contribution is 5.96. The fraction of sp³-hybridized carbons (Fsp3) is 0.286. The average Bonchev–Trinajstić information content (AvgIpc) is 2.93. The second-order valence-corrected chi connectivity index (χ2v) is 8.79. The lowest BCUT2D eigenvalue weighted by molar-refractivity contribution is -0.142. The summed E-state index contributed by atoms with van der Waals surface area (Å²) in [7, 11) is 0. The number of carbonyl (C=O) groups excluding carboxylic acids is 1. The van der Waals surface area contributed by atoms with Crippen LogP contribution in [-0.2, 0) is 16.1 Å². The highest BCUT2D eigenvalue weighted by Gasteiger charge is 2.25. The first-order chi connectivity index (χ1) is 18.1. The van der Waals surface area contributed by atoms with Crippen LogP contribution < -0.4 is 14.8 Å². The Kier molecular flexibility index (Phi) is 7.41. The van der Waals surface area contributed by atoms with Gasteiger partial charge in [-0.05, 0) is 61.9 Å². The molecule has 9 heteroatoms. The van der Waals surface area contributed by atoms with Crippen LogP contribution in [0.3, 0.4) is 0 Å². The second-order valence-electron chi connectivity index (χ2n) is 8.79. The third-order valence-electron chi connectivity index (χ3n) is 6.14. The molecule has 5 rings (SSSR count). The molecule has 0 radical (unpaired) electrons. The maximum atomic E-state index is 12.9. The monoisotopic (exact) mass is 499 g/mol. The molecule has 0 bridgehead atoms. The van der Waals surface area contributed by atoms with Gasteiger partial charge in [-0.1, -0.05) is 12.1 Å². The SMILES string of the molecule is Cc1cc(Nc2ncnc3cccc(O[C@H](C)C(=O)N4CCOCC4)c23)ccc1OCc1ccccn1. The number of aromatic nitrogens is 3. The Morgan fingerprint density at radius 1 is 1.05 bits per heavy atom. The van der Waals surface area contributed by atoms with Crippen LogP contribution in [0.2, 0.25) is 0 Å². The first-order valence-electron chi connectivity index (χ1n) is 12.3. The Morgan fingerprint density at radius 3 is 2.70 bits per heavy atom. The smallest absolute Gasteiger partial charge is 0.263 e. The lowest BCUT2D eigenvalue weighted by Gasteiger charge is -2.29. The molecule has 1 aliphatic rings. The van der Waals surface area contributed by atoms with Gasteiger partial charge >= 0.3 is 0 Å². The van der Waals surface area contributed by atoms with Gasteiger partial charge in [0.05, 0.1) is 29.8 Å². The summed E-state index contributed by atoms with van der Waals surface area (Å²) in [4.78, 5) is 27.9. The summed E-state index contributed by atoms with van der Waals surface area (Å²) in [5.74, 6) is 1.85. The summed E-state index contributed by atoms with van der Waals surface area (Å²) in [5, 5.41) is 4.09. The second kappa shape index (κ2) is 11.2. The fourth-order valence-corrected chi connectivity index (χ4v) is 4.21. The van der Waals surface area contributed by atoms with E-state index in [1.54, 1.807) is 18.0 Å². The quantitative estimate of drug-likeness (QED) is 0.384. The molecule has 0 unspecified atom stereocenters. The molecular formula is C28H29N5O4. The molecule has 2 aromatic heterocycles. The van der Waals surface area contributed by atoms with E-state index in [0.29, 0.717) is 55.4 Å². The number of ether oxygens (including phenoxy) is 3. The van der Waals surface area contributed by atoms with Crippen molar-refractivity contribution in [3.63, 3.8) is 0 Å². The number of nitrogens with one attached hydrogen (secondary N) is 1. The van der Waals surface area contributed by atoms with E-state index in [2.05, 4.69) is 20.3 Å². The van der Waals surface area contributed by atoms with Crippen molar-refractivity contribution in [3.8, 4) is 11.5 Å². The fourth-order valence-electron chi connectivity index (χ4n) is 4.21. The van der Waals surface area contributed by atoms with Gasteiger partial charge in [0.2, 0.25) is 0 Å². The predicted molar refractivity (Wildman–Crippen MR) is 140 cm³/mol. The summed E-state index contributed by atoms with van der Waals surface area (Å²) >= 11 is 0. The molecule has 0 aliphatic carbocycles. The van der Waals surface area contributed by atoms with Crippen LogP contribution >= 0.6 is 0 Å². The number of morpholine rings is 1. The van der Waals surface area contributed by atoms with Crippen molar-refractivity contribution < 1.29 is 19.0 Å². The maximum Gasteiger partial charge on any atom is 0.263 e. The van der Waals surface area contributed by atoms with Crippen molar-refractivity contribution >= 4 is 28.3 Å². The standard InChI is InChI=1S/C28H29N5O4/c1-19-16-21(9-10-24(19)36-17-22-6-3-4-11-29-22)32-27-26-23(30-18-31-27)7-5-8-25(26)37-20(2)28(34)33-12-14-35-15-13-33/h3-11,16,18,20H,12-15,17H2,1-2H3,(H,30,31,32)/t20-/m1/s1. The van der Waals surface area contributed by atoms with Crippen LogP contribution in [0, 0.1) is 6.92 Å². The number of fused-ring (bicyclic) bond motifs is 1. The molecule has 1 aliphatic heterocycles. The van der Waals surface area contributed by atoms with Crippen LogP contribution in [0.1, 0.15) is 18.2 Å². The zero-order chi connectivity index (χ0) is 25.6. The Hall–Kier alpha value is -4.24. The van der Waals surface area contributed by atoms with E-state index in [0.717, 1.165) is 22.7 Å². The molecule has 3 heterocycles. The summed E-state index contributed by atoms with van der Waals surface area (Å²) < 4.78 is 17.5. The van der Waals surface area contributed by atoms with Crippen molar-refractivity contribution in [2.45, 2.75) is 26.6 Å². The highest BCUT2D eigenvalue weighted by Crippen LogP contribution is 2.33. The number of nitrogens with zero attached hydrogens (tertiary/aromatic N) is 4. The molecule has 0 spiro atoms. The molecular weight excluding hydrogens is 470 g/mol. The topological polar surface area (TPSA) is 98.7 Å². The van der Waals surface area contributed by atoms with E-state index >= 15 is 0 Å². The van der Waals surface area contributed by atoms with Crippen molar-refractivity contribution in [2.24, 2.45) is 0 Å². The lowest BCUT2D eigenvalue weighted by Crippen LogP contribution is -2.46. The minimum atomic E-state index is -0.658. The van der Waals surface area contributed by atoms with Crippen LogP contribution in [0.15, 0.2) is 67.1 Å². The summed E-state index contributed by atoms with van der Waals surface area (Å²) in [6, 6.07) is 17.2. The molecule has 1 amide bonds. The third kappa shape index (κ3) is 5.78. The number of amides is 1. The Bertz CT molecular complexity index is 1370. The zero-order valence-corrected chi connectivity index (χ0v) is 20.9. The number of hydrogen-bond donors (Lipinski definition) is 1. The number of rotatable bonds is 8. The number of benzene rings is 2. The Labute approximate surface area is 215 Å². The number of carbonyl (C=O) groups is 1. The van der Waals surface area contributed by atoms with Crippen molar-refractivity contribution in [1.29, 1.82) is 0 Å². The van der Waals surface area contributed by atoms with Crippen molar-refractivity contribution in [2.75, 3.05) is 31.6 Å². The van der Waals surface area contributed by atoms with Crippen LogP contribution in [0.5, 0.6) is 11.5 Å². The number of anilines is 2. The summed E-state index contributed by atoms with van der Waals surface area (Å²) in [5.41, 5.74) is 3.40. The number of hydrogen-bond acceptors (Lipinski definition) is 8. The average molecular weight is 500 g/mol. The van der Waals surface area contributed by atoms with Gasteiger partial charge < -0.3 is 24.4 Å². The minimum absolute atomic E-state index is 0.0661. The minimum Gasteiger partial charge on any atom is -0.487 e. The first kappa shape index (κ1) is 24.5. The van der Waals surface area contributed by atoms with Gasteiger partial charge in [-0.2, -0.15) is 0 Å². The van der Waals surface area contributed by atoms with Gasteiger partial charge in [0.15, 0.2) is 6.10 Å². The van der Waals surface area contributed by atoms with E-state index in [9.17, 15) is 4.79 Å². The van der Waals surface area contributed by atoms with Crippen molar-refractivity contribution in [3.05, 3.63) is 78.4 Å². The van der Waals surface area contributed by atoms with Crippen LogP contribution in [-0.4, -0.2) is 58.2 Å². The molecule has 190 valence electrons. The molecule has 0 saturated carbocycles. The lowest BCUT2D eigenvalue weighted by atomic mass is 10.1. The van der Waals surface area contributed by atoms with Gasteiger partial charge in [0.25, 0.3) is 5.91 Å². The normalized spacial score (nSPS) is 14.3. The predicted octanol–water partition coefficient (Wildman–Crippen LogP) is 4.28. The molecule has 1 N–H and O–H groups in total. The number of pyridine rings is 1. The molecule has 37 heavy (non-hydrogen) atoms. The largest absolute Gasteiger partial charge is 0.487 e. The first-order valence-corrected chi connectivity index (χ1v) is 12.3. The zero-order valence-electron chi connectivity index (χ0n) is 20.9. The van der Waals surface area contributed by atoms with E-state index in [4.69, 9.17) is 14.2 Å².